The van der Waals surface area contributed by atoms with Crippen LogP contribution in [0.1, 0.15) is 58.6 Å². The fraction of sp³-hybridized carbons (Fsp3) is 0.381. The minimum absolute atomic E-state index is 0.0478. The van der Waals surface area contributed by atoms with E-state index >= 15 is 0 Å². The summed E-state index contributed by atoms with van der Waals surface area (Å²) in [5, 5.41) is 8.53. The van der Waals surface area contributed by atoms with Crippen LogP contribution in [0.5, 0.6) is 0 Å². The van der Waals surface area contributed by atoms with E-state index in [4.69, 9.17) is 5.84 Å². The zero-order valence-electron chi connectivity index (χ0n) is 32.4. The lowest BCUT2D eigenvalue weighted by Crippen LogP contribution is -2.51. The summed E-state index contributed by atoms with van der Waals surface area (Å²) in [7, 11) is 0. The van der Waals surface area contributed by atoms with Crippen molar-refractivity contribution in [3.05, 3.63) is 97.4 Å². The molecule has 6 rings (SSSR count). The lowest BCUT2D eigenvalue weighted by Gasteiger charge is -2.36. The molecule has 55 heavy (non-hydrogen) atoms. The van der Waals surface area contributed by atoms with Crippen LogP contribution in [0, 0.1) is 18.3 Å². The van der Waals surface area contributed by atoms with Gasteiger partial charge in [-0.2, -0.15) is 9.89 Å². The highest BCUT2D eigenvalue weighted by Gasteiger charge is 2.46. The van der Waals surface area contributed by atoms with Crippen LogP contribution in [0.3, 0.4) is 0 Å². The lowest BCUT2D eigenvalue weighted by molar-refractivity contribution is -0.133. The maximum atomic E-state index is 14.0. The molecule has 0 spiro atoms. The smallest absolute Gasteiger partial charge is 0.236 e. The molecule has 2 atom stereocenters. The van der Waals surface area contributed by atoms with E-state index in [9.17, 15) is 14.0 Å². The Hall–Kier alpha value is -5.87. The number of rotatable bonds is 12. The summed E-state index contributed by atoms with van der Waals surface area (Å²) in [6.45, 7) is 15.8. The molecule has 2 saturated heterocycles. The molecule has 2 amide bonds. The van der Waals surface area contributed by atoms with Gasteiger partial charge in [0.15, 0.2) is 5.82 Å². The first-order chi connectivity index (χ1) is 26.7. The Bertz CT molecular complexity index is 1970. The maximum absolute atomic E-state index is 14.0. The van der Waals surface area contributed by atoms with Crippen molar-refractivity contribution in [1.82, 2.24) is 34.6 Å². The van der Waals surface area contributed by atoms with Gasteiger partial charge >= 0.3 is 0 Å². The number of pyridine rings is 1. The van der Waals surface area contributed by atoms with Crippen LogP contribution < -0.4 is 16.1 Å². The van der Waals surface area contributed by atoms with Crippen molar-refractivity contribution in [2.24, 2.45) is 5.41 Å². The van der Waals surface area contributed by atoms with Gasteiger partial charge in [0.1, 0.15) is 5.82 Å². The van der Waals surface area contributed by atoms with Gasteiger partial charge in [-0.3, -0.25) is 14.5 Å². The summed E-state index contributed by atoms with van der Waals surface area (Å²) in [4.78, 5) is 48.1. The third-order valence-corrected chi connectivity index (χ3v) is 9.99. The molecule has 290 valence electrons. The van der Waals surface area contributed by atoms with Crippen LogP contribution in [0.25, 0.3) is 22.3 Å². The Kier molecular flexibility index (Phi) is 15.2. The van der Waals surface area contributed by atoms with Crippen molar-refractivity contribution >= 4 is 34.2 Å². The van der Waals surface area contributed by atoms with Crippen molar-refractivity contribution in [3.8, 4) is 24.2 Å². The minimum Gasteiger partial charge on any atom is -0.353 e. The second-order valence-corrected chi connectivity index (χ2v) is 13.3. The van der Waals surface area contributed by atoms with Gasteiger partial charge in [0, 0.05) is 80.4 Å². The van der Waals surface area contributed by atoms with E-state index in [0.29, 0.717) is 76.4 Å². The average Bonchev–Trinajstić information content (AvgIpc) is 3.81. The van der Waals surface area contributed by atoms with Crippen LogP contribution >= 0.6 is 0 Å². The molecule has 2 aliphatic heterocycles. The number of hydrogen-bond donors (Lipinski definition) is 2. The van der Waals surface area contributed by atoms with Gasteiger partial charge in [0.25, 0.3) is 0 Å². The van der Waals surface area contributed by atoms with Gasteiger partial charge in [-0.25, -0.2) is 19.3 Å². The number of nitrogens with zero attached hydrogens (tertiary/aromatic N) is 8. The van der Waals surface area contributed by atoms with E-state index in [1.165, 1.54) is 10.9 Å². The maximum Gasteiger partial charge on any atom is 0.236 e. The number of nitrogen functional groups attached to an aromatic ring is 1. The third-order valence-electron chi connectivity index (χ3n) is 9.99. The highest BCUT2D eigenvalue weighted by atomic mass is 19.1. The summed E-state index contributed by atoms with van der Waals surface area (Å²) in [6.07, 6.45) is 21.0. The molecule has 0 bridgehead atoms. The Labute approximate surface area is 324 Å². The summed E-state index contributed by atoms with van der Waals surface area (Å²) in [5.41, 5.74) is 2.88. The molecule has 3 aromatic heterocycles. The van der Waals surface area contributed by atoms with Gasteiger partial charge < -0.3 is 21.0 Å². The monoisotopic (exact) mass is 748 g/mol. The van der Waals surface area contributed by atoms with Crippen LogP contribution in [-0.2, 0) is 9.59 Å². The molecular weight excluding hydrogens is 696 g/mol. The summed E-state index contributed by atoms with van der Waals surface area (Å²) >= 11 is 0. The molecule has 4 aromatic rings. The van der Waals surface area contributed by atoms with E-state index in [1.807, 2.05) is 75.1 Å². The number of likely N-dealkylation sites (tertiary alicyclic amines) is 1. The van der Waals surface area contributed by atoms with E-state index in [0.717, 1.165) is 33.6 Å². The fourth-order valence-electron chi connectivity index (χ4n) is 7.04. The number of anilines is 2. The predicted molar refractivity (Wildman–Crippen MR) is 219 cm³/mol. The number of hydrogen-bond acceptors (Lipinski definition) is 9. The molecule has 5 heterocycles. The SMILES string of the molecule is C#C.C=C(C)C1(C(=O)Nc2ccc3c(c2)c(C(/C=C\C)CC/C=C/F)nn3N)CCN(CC(=O)N2CCN(c3ccc(-c4ncccn4)cn3)CC2)C1.CC. The van der Waals surface area contributed by atoms with E-state index in [-0.39, 0.29) is 24.3 Å². The van der Waals surface area contributed by atoms with Crippen molar-refractivity contribution in [3.63, 3.8) is 0 Å². The Morgan fingerprint density at radius 2 is 1.80 bits per heavy atom. The zero-order chi connectivity index (χ0) is 40.0. The molecular formula is C42H53FN10O2. The molecule has 2 fully saturated rings. The number of terminal acetylenes is 1. The number of nitrogens with one attached hydrogen (secondary N) is 1. The van der Waals surface area contributed by atoms with E-state index in [1.54, 1.807) is 24.7 Å². The molecule has 3 N–H and O–H groups in total. The molecule has 2 aliphatic rings. The number of nitrogens with two attached hydrogens (primary N) is 1. The summed E-state index contributed by atoms with van der Waals surface area (Å²) in [6, 6.07) is 11.3. The largest absolute Gasteiger partial charge is 0.353 e. The number of allylic oxidation sites excluding steroid dienone is 3. The Morgan fingerprint density at radius 3 is 2.44 bits per heavy atom. The topological polar surface area (TPSA) is 138 Å². The molecule has 1 aromatic carbocycles. The van der Waals surface area contributed by atoms with Crippen molar-refractivity contribution < 1.29 is 14.0 Å². The first kappa shape index (κ1) is 41.9. The molecule has 13 heteroatoms. The quantitative estimate of drug-likeness (QED) is 0.0964. The number of amides is 2. The number of fused-ring (bicyclic) bond motifs is 1. The summed E-state index contributed by atoms with van der Waals surface area (Å²) in [5.74, 6) is 7.51. The van der Waals surface area contributed by atoms with Crippen molar-refractivity contribution in [2.45, 2.75) is 52.9 Å². The fourth-order valence-corrected chi connectivity index (χ4v) is 7.04. The van der Waals surface area contributed by atoms with Gasteiger partial charge in [-0.05, 0) is 69.5 Å². The van der Waals surface area contributed by atoms with Gasteiger partial charge in [0.05, 0.1) is 29.5 Å². The van der Waals surface area contributed by atoms with E-state index in [2.05, 4.69) is 54.6 Å². The molecule has 0 radical (unpaired) electrons. The molecule has 0 aliphatic carbocycles. The minimum atomic E-state index is -0.844. The van der Waals surface area contributed by atoms with Crippen molar-refractivity contribution in [1.29, 1.82) is 0 Å². The van der Waals surface area contributed by atoms with Crippen LogP contribution in [0.4, 0.5) is 15.9 Å². The normalized spacial score (nSPS) is 17.7. The average molecular weight is 749 g/mol. The number of carbonyl (C=O) groups excluding carboxylic acids is 2. The van der Waals surface area contributed by atoms with E-state index < -0.39 is 5.41 Å². The first-order valence-corrected chi connectivity index (χ1v) is 18.7. The van der Waals surface area contributed by atoms with Gasteiger partial charge in [0.2, 0.25) is 11.8 Å². The number of aromatic nitrogens is 5. The third kappa shape index (κ3) is 9.82. The number of benzene rings is 1. The Morgan fingerprint density at radius 1 is 1.07 bits per heavy atom. The molecule has 0 saturated carbocycles. The van der Waals surface area contributed by atoms with Crippen LogP contribution in [0.15, 0.2) is 91.7 Å². The highest BCUT2D eigenvalue weighted by molar-refractivity contribution is 6.00. The lowest BCUT2D eigenvalue weighted by atomic mass is 9.79. The Balaban J connectivity index is 0.00000163. The van der Waals surface area contributed by atoms with Gasteiger partial charge in [-0.15, -0.1) is 12.8 Å². The second-order valence-electron chi connectivity index (χ2n) is 13.3. The zero-order valence-corrected chi connectivity index (χ0v) is 32.4. The standard InChI is InChI=1S/C38H45FN10O2.C2H6.C2H2/c1-4-8-28(9-5-6-15-39)35-31-23-30(11-12-32(31)49(40)45-35)44-37(51)38(27(2)3)14-18-46(26-38)25-34(50)48-21-19-47(20-22-48)33-13-10-29(24-43-33)36-41-16-7-17-42-36;2*1-2/h4,6-8,10-13,15-17,23-24,28H,2,5,9,14,18-22,25-26,40H2,1,3H3,(H,44,51);1-2H3;1-2H/b8-4-,15-6+;;. The van der Waals surface area contributed by atoms with Crippen molar-refractivity contribution in [2.75, 3.05) is 61.9 Å². The molecule has 12 nitrogen and oxygen atoms in total. The highest BCUT2D eigenvalue weighted by Crippen LogP contribution is 2.39. The number of piperazine rings is 1. The van der Waals surface area contributed by atoms with Crippen LogP contribution in [0.2, 0.25) is 0 Å². The predicted octanol–water partition coefficient (Wildman–Crippen LogP) is 6.36. The number of halogens is 1. The van der Waals surface area contributed by atoms with Crippen LogP contribution in [-0.4, -0.2) is 92.3 Å². The first-order valence-electron chi connectivity index (χ1n) is 18.7. The second kappa shape index (κ2) is 20.0. The number of carbonyl (C=O) groups is 2. The summed E-state index contributed by atoms with van der Waals surface area (Å²) < 4.78 is 12.7. The molecule has 2 unspecified atom stereocenters. The van der Waals surface area contributed by atoms with Gasteiger partial charge in [-0.1, -0.05) is 44.2 Å².